The van der Waals surface area contributed by atoms with Gasteiger partial charge in [-0.3, -0.25) is 4.79 Å². The van der Waals surface area contributed by atoms with Crippen LogP contribution < -0.4 is 0 Å². The summed E-state index contributed by atoms with van der Waals surface area (Å²) < 4.78 is 62.8. The number of benzene rings is 1. The van der Waals surface area contributed by atoms with E-state index >= 15 is 0 Å². The third kappa shape index (κ3) is 4.61. The van der Waals surface area contributed by atoms with E-state index in [2.05, 4.69) is 0 Å². The smallest absolute Gasteiger partial charge is 0.446 e. The Morgan fingerprint density at radius 1 is 1.17 bits per heavy atom. The maximum absolute atomic E-state index is 12.4. The zero-order valence-corrected chi connectivity index (χ0v) is 13.4. The van der Waals surface area contributed by atoms with Gasteiger partial charge >= 0.3 is 11.5 Å². The van der Waals surface area contributed by atoms with Crippen LogP contribution in [0.25, 0.3) is 0 Å². The molecule has 1 heterocycles. The minimum absolute atomic E-state index is 0.0817. The van der Waals surface area contributed by atoms with E-state index in [1.54, 1.807) is 0 Å². The molecular formula is C13H14F3NO4S2. The molecule has 0 saturated carbocycles. The lowest BCUT2D eigenvalue weighted by Crippen LogP contribution is -2.40. The molecule has 1 aliphatic rings. The van der Waals surface area contributed by atoms with Crippen molar-refractivity contribution >= 4 is 27.8 Å². The van der Waals surface area contributed by atoms with Crippen LogP contribution in [0.1, 0.15) is 12.8 Å². The van der Waals surface area contributed by atoms with Crippen LogP contribution in [0, 0.1) is 5.92 Å². The van der Waals surface area contributed by atoms with Gasteiger partial charge in [-0.1, -0.05) is 0 Å². The molecule has 128 valence electrons. The van der Waals surface area contributed by atoms with Crippen molar-refractivity contribution in [1.29, 1.82) is 0 Å². The van der Waals surface area contributed by atoms with Gasteiger partial charge in [0, 0.05) is 18.0 Å². The number of hydrogen-bond donors (Lipinski definition) is 1. The van der Waals surface area contributed by atoms with Gasteiger partial charge in [0.2, 0.25) is 10.0 Å². The number of rotatable bonds is 4. The van der Waals surface area contributed by atoms with Gasteiger partial charge in [-0.15, -0.1) is 0 Å². The summed E-state index contributed by atoms with van der Waals surface area (Å²) in [6, 6.07) is 4.48. The molecule has 0 radical (unpaired) electrons. The van der Waals surface area contributed by atoms with Crippen LogP contribution in [0.4, 0.5) is 13.2 Å². The first-order valence-electron chi connectivity index (χ1n) is 6.68. The van der Waals surface area contributed by atoms with E-state index < -0.39 is 27.4 Å². The fraction of sp³-hybridized carbons (Fsp3) is 0.462. The monoisotopic (exact) mass is 369 g/mol. The second-order valence-electron chi connectivity index (χ2n) is 5.04. The summed E-state index contributed by atoms with van der Waals surface area (Å²) in [5.74, 6) is -1.51. The zero-order chi connectivity index (χ0) is 17.3. The number of carboxylic acid groups (broad SMARTS) is 1. The second-order valence-corrected chi connectivity index (χ2v) is 8.11. The van der Waals surface area contributed by atoms with Crippen LogP contribution in [0.5, 0.6) is 0 Å². The minimum atomic E-state index is -4.43. The zero-order valence-electron chi connectivity index (χ0n) is 11.8. The summed E-state index contributed by atoms with van der Waals surface area (Å²) in [5.41, 5.74) is -4.43. The normalized spacial score (nSPS) is 18.0. The number of piperidine rings is 1. The van der Waals surface area contributed by atoms with E-state index in [-0.39, 0.29) is 47.5 Å². The molecule has 0 amide bonds. The number of halogens is 3. The van der Waals surface area contributed by atoms with E-state index in [1.807, 2.05) is 0 Å². The highest BCUT2D eigenvalue weighted by atomic mass is 32.2. The van der Waals surface area contributed by atoms with Crippen LogP contribution in [-0.4, -0.2) is 42.4 Å². The van der Waals surface area contributed by atoms with Crippen molar-refractivity contribution in [2.24, 2.45) is 5.92 Å². The molecule has 0 bridgehead atoms. The van der Waals surface area contributed by atoms with E-state index in [9.17, 15) is 26.4 Å². The summed E-state index contributed by atoms with van der Waals surface area (Å²) in [5, 5.41) is 8.91. The van der Waals surface area contributed by atoms with Crippen molar-refractivity contribution in [3.05, 3.63) is 24.3 Å². The van der Waals surface area contributed by atoms with Crippen molar-refractivity contribution in [2.45, 2.75) is 28.1 Å². The van der Waals surface area contributed by atoms with E-state index in [1.165, 1.54) is 4.31 Å². The molecule has 1 aromatic carbocycles. The van der Waals surface area contributed by atoms with Crippen molar-refractivity contribution in [3.63, 3.8) is 0 Å². The molecule has 1 aromatic rings. The van der Waals surface area contributed by atoms with E-state index in [0.29, 0.717) is 0 Å². The SMILES string of the molecule is O=C(O)C1CCN(S(=O)(=O)c2ccc(SC(F)(F)F)cc2)CC1. The first-order chi connectivity index (χ1) is 10.6. The Labute approximate surface area is 135 Å². The van der Waals surface area contributed by atoms with Gasteiger partial charge in [-0.2, -0.15) is 17.5 Å². The maximum Gasteiger partial charge on any atom is 0.446 e. The molecule has 1 fully saturated rings. The van der Waals surface area contributed by atoms with Gasteiger partial charge in [0.1, 0.15) is 0 Å². The van der Waals surface area contributed by atoms with Crippen molar-refractivity contribution < 1.29 is 31.5 Å². The second kappa shape index (κ2) is 6.70. The molecule has 0 aliphatic carbocycles. The highest BCUT2D eigenvalue weighted by Gasteiger charge is 2.32. The summed E-state index contributed by atoms with van der Waals surface area (Å²) >= 11 is -0.315. The predicted molar refractivity (Wildman–Crippen MR) is 77.5 cm³/mol. The average Bonchev–Trinajstić information content (AvgIpc) is 2.46. The average molecular weight is 369 g/mol. The van der Waals surface area contributed by atoms with Crippen LogP contribution in [0.2, 0.25) is 0 Å². The highest BCUT2D eigenvalue weighted by Crippen LogP contribution is 2.37. The Hall–Kier alpha value is -1.26. The number of nitrogens with zero attached hydrogens (tertiary/aromatic N) is 1. The number of thioether (sulfide) groups is 1. The van der Waals surface area contributed by atoms with Gasteiger partial charge in [0.15, 0.2) is 0 Å². The maximum atomic E-state index is 12.4. The van der Waals surface area contributed by atoms with E-state index in [4.69, 9.17) is 5.11 Å². The summed E-state index contributed by atoms with van der Waals surface area (Å²) in [6.07, 6.45) is 0.438. The van der Waals surface area contributed by atoms with Crippen LogP contribution >= 0.6 is 11.8 Å². The fourth-order valence-corrected chi connectivity index (χ4v) is 4.31. The lowest BCUT2D eigenvalue weighted by Gasteiger charge is -2.29. The predicted octanol–water partition coefficient (Wildman–Crippen LogP) is 2.78. The fourth-order valence-electron chi connectivity index (χ4n) is 2.31. The Morgan fingerprint density at radius 2 is 1.70 bits per heavy atom. The van der Waals surface area contributed by atoms with E-state index in [0.717, 1.165) is 24.3 Å². The third-order valence-electron chi connectivity index (χ3n) is 3.50. The van der Waals surface area contributed by atoms with Crippen LogP contribution in [0.15, 0.2) is 34.1 Å². The standard InChI is InChI=1S/C13H14F3NO4S2/c14-13(15,16)22-10-1-3-11(4-2-10)23(20,21)17-7-5-9(6-8-17)12(18)19/h1-4,9H,5-8H2,(H,18,19). The Bertz CT molecular complexity index is 665. The Morgan fingerprint density at radius 3 is 2.13 bits per heavy atom. The quantitative estimate of drug-likeness (QED) is 0.826. The lowest BCUT2D eigenvalue weighted by atomic mass is 9.99. The van der Waals surface area contributed by atoms with Crippen molar-refractivity contribution in [1.82, 2.24) is 4.31 Å². The molecule has 0 atom stereocenters. The molecule has 23 heavy (non-hydrogen) atoms. The molecule has 2 rings (SSSR count). The summed E-state index contributed by atoms with van der Waals surface area (Å²) in [7, 11) is -3.82. The molecule has 1 saturated heterocycles. The Balaban J connectivity index is 2.10. The first kappa shape index (κ1) is 18.1. The van der Waals surface area contributed by atoms with Crippen LogP contribution in [0.3, 0.4) is 0 Å². The van der Waals surface area contributed by atoms with Crippen LogP contribution in [-0.2, 0) is 14.8 Å². The number of hydrogen-bond acceptors (Lipinski definition) is 4. The molecule has 10 heteroatoms. The Kier molecular flexibility index (Phi) is 5.27. The van der Waals surface area contributed by atoms with Gasteiger partial charge in [-0.05, 0) is 48.9 Å². The van der Waals surface area contributed by atoms with Gasteiger partial charge in [-0.25, -0.2) is 8.42 Å². The number of carboxylic acids is 1. The number of aliphatic carboxylic acids is 1. The summed E-state index contributed by atoms with van der Waals surface area (Å²) in [6.45, 7) is 0.163. The highest BCUT2D eigenvalue weighted by molar-refractivity contribution is 8.00. The largest absolute Gasteiger partial charge is 0.481 e. The van der Waals surface area contributed by atoms with Crippen molar-refractivity contribution in [3.8, 4) is 0 Å². The first-order valence-corrected chi connectivity index (χ1v) is 8.94. The molecule has 0 aromatic heterocycles. The minimum Gasteiger partial charge on any atom is -0.481 e. The molecule has 1 N–H and O–H groups in total. The molecule has 0 unspecified atom stereocenters. The molecular weight excluding hydrogens is 355 g/mol. The van der Waals surface area contributed by atoms with Gasteiger partial charge in [0.25, 0.3) is 0 Å². The molecule has 0 spiro atoms. The van der Waals surface area contributed by atoms with Gasteiger partial charge in [0.05, 0.1) is 10.8 Å². The summed E-state index contributed by atoms with van der Waals surface area (Å²) in [4.78, 5) is 10.7. The number of carbonyl (C=O) groups is 1. The van der Waals surface area contributed by atoms with Gasteiger partial charge < -0.3 is 5.11 Å². The number of alkyl halides is 3. The molecule has 5 nitrogen and oxygen atoms in total. The third-order valence-corrected chi connectivity index (χ3v) is 6.15. The topological polar surface area (TPSA) is 74.7 Å². The number of sulfonamides is 1. The van der Waals surface area contributed by atoms with Crippen molar-refractivity contribution in [2.75, 3.05) is 13.1 Å². The lowest BCUT2D eigenvalue weighted by molar-refractivity contribution is -0.142. The molecule has 1 aliphatic heterocycles.